The highest BCUT2D eigenvalue weighted by molar-refractivity contribution is 5.85. The van der Waals surface area contributed by atoms with Crippen molar-refractivity contribution in [1.29, 1.82) is 0 Å². The van der Waals surface area contributed by atoms with Gasteiger partial charge in [-0.1, -0.05) is 32.0 Å². The summed E-state index contributed by atoms with van der Waals surface area (Å²) in [6.07, 6.45) is 2.63. The van der Waals surface area contributed by atoms with E-state index in [4.69, 9.17) is 4.42 Å². The maximum absolute atomic E-state index is 6.11. The minimum Gasteiger partial charge on any atom is -0.459 e. The average Bonchev–Trinajstić information content (AvgIpc) is 3.12. The molecular weight excluding hydrogens is 222 g/mol. The van der Waals surface area contributed by atoms with Gasteiger partial charge in [0.1, 0.15) is 11.3 Å². The number of aryl methyl sites for hydroxylation is 1. The van der Waals surface area contributed by atoms with E-state index in [-0.39, 0.29) is 0 Å². The van der Waals surface area contributed by atoms with Gasteiger partial charge in [-0.05, 0) is 36.8 Å². The van der Waals surface area contributed by atoms with Gasteiger partial charge >= 0.3 is 0 Å². The Hall–Kier alpha value is -1.28. The molecule has 1 heterocycles. The normalized spacial score (nSPS) is 15.8. The van der Waals surface area contributed by atoms with Gasteiger partial charge in [-0.3, -0.25) is 0 Å². The molecule has 2 heteroatoms. The molecule has 3 rings (SSSR count). The molecule has 1 aromatic carbocycles. The molecule has 1 saturated carbocycles. The molecule has 2 nitrogen and oxygen atoms in total. The summed E-state index contributed by atoms with van der Waals surface area (Å²) in [4.78, 5) is 0. The summed E-state index contributed by atoms with van der Waals surface area (Å²) >= 11 is 0. The van der Waals surface area contributed by atoms with E-state index in [1.54, 1.807) is 0 Å². The summed E-state index contributed by atoms with van der Waals surface area (Å²) in [5.41, 5.74) is 3.69. The van der Waals surface area contributed by atoms with Crippen LogP contribution in [0.2, 0.25) is 0 Å². The number of fused-ring (bicyclic) bond motifs is 1. The lowest BCUT2D eigenvalue weighted by molar-refractivity contribution is 0.506. The lowest BCUT2D eigenvalue weighted by Gasteiger charge is -2.05. The first kappa shape index (κ1) is 11.8. The van der Waals surface area contributed by atoms with Crippen LogP contribution in [0.15, 0.2) is 22.6 Å². The molecule has 1 fully saturated rings. The number of furan rings is 1. The molecule has 0 bridgehead atoms. The summed E-state index contributed by atoms with van der Waals surface area (Å²) < 4.78 is 6.11. The zero-order valence-corrected chi connectivity index (χ0v) is 11.4. The van der Waals surface area contributed by atoms with Crippen molar-refractivity contribution in [2.75, 3.05) is 0 Å². The Bertz CT molecular complexity index is 564. The number of hydrogen-bond acceptors (Lipinski definition) is 2. The third-order valence-corrected chi connectivity index (χ3v) is 3.84. The second-order valence-electron chi connectivity index (χ2n) is 5.68. The van der Waals surface area contributed by atoms with Crippen molar-refractivity contribution in [3.63, 3.8) is 0 Å². The van der Waals surface area contributed by atoms with Crippen molar-refractivity contribution in [2.45, 2.75) is 52.1 Å². The molecule has 0 saturated heterocycles. The Morgan fingerprint density at radius 3 is 2.78 bits per heavy atom. The summed E-state index contributed by atoms with van der Waals surface area (Å²) in [5.74, 6) is 1.61. The number of para-hydroxylation sites is 1. The van der Waals surface area contributed by atoms with Crippen LogP contribution in [0.1, 0.15) is 49.5 Å². The van der Waals surface area contributed by atoms with Crippen molar-refractivity contribution >= 4 is 11.0 Å². The van der Waals surface area contributed by atoms with Crippen LogP contribution in [-0.4, -0.2) is 6.04 Å². The molecule has 18 heavy (non-hydrogen) atoms. The zero-order chi connectivity index (χ0) is 12.7. The molecular formula is C16H21NO. The monoisotopic (exact) mass is 243 g/mol. The summed E-state index contributed by atoms with van der Waals surface area (Å²) in [5, 5.41) is 4.80. The maximum Gasteiger partial charge on any atom is 0.138 e. The first-order valence-electron chi connectivity index (χ1n) is 6.91. The standard InChI is InChI=1S/C16H21NO/c1-10(2)13-5-4-6-14-11(3)15(18-16(13)14)9-17-12-7-8-12/h4-6,10,12,17H,7-9H2,1-3H3. The first-order chi connectivity index (χ1) is 8.66. The Morgan fingerprint density at radius 1 is 1.33 bits per heavy atom. The van der Waals surface area contributed by atoms with Gasteiger partial charge in [-0.2, -0.15) is 0 Å². The van der Waals surface area contributed by atoms with Crippen molar-refractivity contribution in [2.24, 2.45) is 0 Å². The maximum atomic E-state index is 6.11. The van der Waals surface area contributed by atoms with Gasteiger partial charge in [0.15, 0.2) is 0 Å². The summed E-state index contributed by atoms with van der Waals surface area (Å²) in [7, 11) is 0. The highest BCUT2D eigenvalue weighted by Crippen LogP contribution is 2.32. The largest absolute Gasteiger partial charge is 0.459 e. The minimum absolute atomic E-state index is 0.503. The molecule has 1 N–H and O–H groups in total. The SMILES string of the molecule is Cc1c(CNC2CC2)oc2c(C(C)C)cccc12. The third-order valence-electron chi connectivity index (χ3n) is 3.84. The topological polar surface area (TPSA) is 25.2 Å². The van der Waals surface area contributed by atoms with Crippen LogP contribution >= 0.6 is 0 Å². The third kappa shape index (κ3) is 2.05. The Kier molecular flexibility index (Phi) is 2.90. The van der Waals surface area contributed by atoms with Gasteiger partial charge in [0.25, 0.3) is 0 Å². The van der Waals surface area contributed by atoms with E-state index in [1.165, 1.54) is 29.4 Å². The van der Waals surface area contributed by atoms with Crippen LogP contribution < -0.4 is 5.32 Å². The fourth-order valence-electron chi connectivity index (χ4n) is 2.46. The number of benzene rings is 1. The Labute approximate surface area is 108 Å². The minimum atomic E-state index is 0.503. The lowest BCUT2D eigenvalue weighted by atomic mass is 10.00. The predicted molar refractivity (Wildman–Crippen MR) is 74.9 cm³/mol. The zero-order valence-electron chi connectivity index (χ0n) is 11.4. The first-order valence-corrected chi connectivity index (χ1v) is 6.91. The molecule has 1 aromatic heterocycles. The van der Waals surface area contributed by atoms with Gasteiger partial charge < -0.3 is 9.73 Å². The van der Waals surface area contributed by atoms with Gasteiger partial charge in [0, 0.05) is 11.4 Å². The van der Waals surface area contributed by atoms with Crippen LogP contribution in [-0.2, 0) is 6.54 Å². The van der Waals surface area contributed by atoms with E-state index in [0.717, 1.165) is 23.9 Å². The average molecular weight is 243 g/mol. The molecule has 96 valence electrons. The van der Waals surface area contributed by atoms with Gasteiger partial charge in [0.05, 0.1) is 6.54 Å². The van der Waals surface area contributed by atoms with E-state index in [9.17, 15) is 0 Å². The van der Waals surface area contributed by atoms with Crippen LogP contribution in [0.25, 0.3) is 11.0 Å². The second-order valence-corrected chi connectivity index (χ2v) is 5.68. The fraction of sp³-hybridized carbons (Fsp3) is 0.500. The van der Waals surface area contributed by atoms with Gasteiger partial charge in [0.2, 0.25) is 0 Å². The molecule has 0 radical (unpaired) electrons. The lowest BCUT2D eigenvalue weighted by Crippen LogP contribution is -2.15. The highest BCUT2D eigenvalue weighted by Gasteiger charge is 2.22. The van der Waals surface area contributed by atoms with Gasteiger partial charge in [-0.15, -0.1) is 0 Å². The summed E-state index contributed by atoms with van der Waals surface area (Å²) in [6, 6.07) is 7.20. The van der Waals surface area contributed by atoms with E-state index in [2.05, 4.69) is 44.3 Å². The number of hydrogen-bond donors (Lipinski definition) is 1. The second kappa shape index (κ2) is 4.43. The van der Waals surface area contributed by atoms with Crippen molar-refractivity contribution in [3.05, 3.63) is 35.1 Å². The van der Waals surface area contributed by atoms with Crippen LogP contribution in [0, 0.1) is 6.92 Å². The molecule has 0 aliphatic heterocycles. The molecule has 1 aliphatic rings. The van der Waals surface area contributed by atoms with Crippen LogP contribution in [0.3, 0.4) is 0 Å². The van der Waals surface area contributed by atoms with E-state index < -0.39 is 0 Å². The van der Waals surface area contributed by atoms with Crippen LogP contribution in [0.5, 0.6) is 0 Å². The molecule has 0 amide bonds. The van der Waals surface area contributed by atoms with E-state index in [1.807, 2.05) is 0 Å². The van der Waals surface area contributed by atoms with E-state index >= 15 is 0 Å². The quantitative estimate of drug-likeness (QED) is 0.874. The molecule has 0 spiro atoms. The summed E-state index contributed by atoms with van der Waals surface area (Å²) in [6.45, 7) is 7.46. The van der Waals surface area contributed by atoms with Crippen LogP contribution in [0.4, 0.5) is 0 Å². The Balaban J connectivity index is 1.99. The van der Waals surface area contributed by atoms with Gasteiger partial charge in [-0.25, -0.2) is 0 Å². The molecule has 0 unspecified atom stereocenters. The highest BCUT2D eigenvalue weighted by atomic mass is 16.3. The fourth-order valence-corrected chi connectivity index (χ4v) is 2.46. The predicted octanol–water partition coefficient (Wildman–Crippen LogP) is 4.12. The number of rotatable bonds is 4. The van der Waals surface area contributed by atoms with Crippen molar-refractivity contribution in [3.8, 4) is 0 Å². The molecule has 2 aromatic rings. The number of nitrogens with one attached hydrogen (secondary N) is 1. The molecule has 1 aliphatic carbocycles. The van der Waals surface area contributed by atoms with E-state index in [0.29, 0.717) is 5.92 Å². The smallest absolute Gasteiger partial charge is 0.138 e. The van der Waals surface area contributed by atoms with Crippen molar-refractivity contribution < 1.29 is 4.42 Å². The Morgan fingerprint density at radius 2 is 2.11 bits per heavy atom. The molecule has 0 atom stereocenters. The van der Waals surface area contributed by atoms with Crippen molar-refractivity contribution in [1.82, 2.24) is 5.32 Å².